The first-order chi connectivity index (χ1) is 13.9. The van der Waals surface area contributed by atoms with Gasteiger partial charge in [-0.2, -0.15) is 0 Å². The fourth-order valence-corrected chi connectivity index (χ4v) is 3.18. The first-order valence-corrected chi connectivity index (χ1v) is 9.10. The standard InChI is InChI=1S/C23H18FN3O2/c1-14-7-10-17(13-20(14)24)26-22(28)16-8-11-18(12-9-16)27-15(2)25-21-6-4-3-5-19(21)23(27)29/h3-13H,1-2H3,(H,26,28). The van der Waals surface area contributed by atoms with Crippen molar-refractivity contribution in [2.75, 3.05) is 5.32 Å². The van der Waals surface area contributed by atoms with Crippen molar-refractivity contribution in [1.82, 2.24) is 9.55 Å². The van der Waals surface area contributed by atoms with Crippen molar-refractivity contribution < 1.29 is 9.18 Å². The second-order valence-electron chi connectivity index (χ2n) is 6.78. The second kappa shape index (κ2) is 7.31. The number of halogens is 1. The van der Waals surface area contributed by atoms with Crippen LogP contribution in [0.25, 0.3) is 16.6 Å². The first kappa shape index (κ1) is 18.6. The Kier molecular flexibility index (Phi) is 4.68. The average Bonchev–Trinajstić information content (AvgIpc) is 2.71. The van der Waals surface area contributed by atoms with Crippen LogP contribution in [0.4, 0.5) is 10.1 Å². The Hall–Kier alpha value is -3.80. The number of para-hydroxylation sites is 1. The van der Waals surface area contributed by atoms with Gasteiger partial charge >= 0.3 is 0 Å². The molecule has 0 bridgehead atoms. The van der Waals surface area contributed by atoms with Gasteiger partial charge in [-0.1, -0.05) is 18.2 Å². The minimum absolute atomic E-state index is 0.166. The number of carbonyl (C=O) groups is 1. The molecule has 5 nitrogen and oxygen atoms in total. The summed E-state index contributed by atoms with van der Waals surface area (Å²) in [7, 11) is 0. The van der Waals surface area contributed by atoms with Gasteiger partial charge in [-0.15, -0.1) is 0 Å². The monoisotopic (exact) mass is 387 g/mol. The zero-order valence-corrected chi connectivity index (χ0v) is 15.9. The summed E-state index contributed by atoms with van der Waals surface area (Å²) < 4.78 is 15.2. The molecule has 6 heteroatoms. The predicted octanol–water partition coefficient (Wildman–Crippen LogP) is 4.39. The van der Waals surface area contributed by atoms with Crippen LogP contribution in [-0.2, 0) is 0 Å². The van der Waals surface area contributed by atoms with Crippen LogP contribution < -0.4 is 10.9 Å². The zero-order valence-electron chi connectivity index (χ0n) is 15.9. The summed E-state index contributed by atoms with van der Waals surface area (Å²) in [6.07, 6.45) is 0. The quantitative estimate of drug-likeness (QED) is 0.567. The highest BCUT2D eigenvalue weighted by Gasteiger charge is 2.12. The molecule has 0 aliphatic carbocycles. The third kappa shape index (κ3) is 3.52. The molecule has 0 atom stereocenters. The van der Waals surface area contributed by atoms with Gasteiger partial charge in [0.15, 0.2) is 0 Å². The van der Waals surface area contributed by atoms with Crippen LogP contribution in [0.1, 0.15) is 21.7 Å². The number of carbonyl (C=O) groups excluding carboxylic acids is 1. The van der Waals surface area contributed by atoms with Gasteiger partial charge in [0.25, 0.3) is 11.5 Å². The molecule has 0 aliphatic rings. The first-order valence-electron chi connectivity index (χ1n) is 9.10. The average molecular weight is 387 g/mol. The molecule has 1 N–H and O–H groups in total. The van der Waals surface area contributed by atoms with E-state index in [9.17, 15) is 14.0 Å². The normalized spacial score (nSPS) is 10.9. The Balaban J connectivity index is 1.64. The number of fused-ring (bicyclic) bond motifs is 1. The summed E-state index contributed by atoms with van der Waals surface area (Å²) in [6, 6.07) is 18.3. The lowest BCUT2D eigenvalue weighted by Gasteiger charge is -2.12. The third-order valence-electron chi connectivity index (χ3n) is 4.76. The summed E-state index contributed by atoms with van der Waals surface area (Å²) in [5, 5.41) is 3.20. The zero-order chi connectivity index (χ0) is 20.5. The SMILES string of the molecule is Cc1ccc(NC(=O)c2ccc(-n3c(C)nc4ccccc4c3=O)cc2)cc1F. The molecule has 4 aromatic rings. The number of aryl methyl sites for hydroxylation is 2. The topological polar surface area (TPSA) is 64.0 Å². The Morgan fingerprint density at radius 1 is 1.00 bits per heavy atom. The molecule has 1 amide bonds. The molecule has 0 radical (unpaired) electrons. The molecule has 144 valence electrons. The van der Waals surface area contributed by atoms with Crippen LogP contribution in [0, 0.1) is 19.7 Å². The van der Waals surface area contributed by atoms with E-state index in [2.05, 4.69) is 10.3 Å². The van der Waals surface area contributed by atoms with E-state index in [0.717, 1.165) is 0 Å². The maximum absolute atomic E-state index is 13.7. The molecule has 1 heterocycles. The summed E-state index contributed by atoms with van der Waals surface area (Å²) >= 11 is 0. The van der Waals surface area contributed by atoms with Gasteiger partial charge in [-0.05, 0) is 67.9 Å². The van der Waals surface area contributed by atoms with Crippen molar-refractivity contribution in [1.29, 1.82) is 0 Å². The number of nitrogens with one attached hydrogen (secondary N) is 1. The van der Waals surface area contributed by atoms with Gasteiger partial charge in [0.2, 0.25) is 0 Å². The molecule has 0 spiro atoms. The molecule has 3 aromatic carbocycles. The summed E-state index contributed by atoms with van der Waals surface area (Å²) in [6.45, 7) is 3.42. The number of anilines is 1. The maximum atomic E-state index is 13.7. The minimum Gasteiger partial charge on any atom is -0.322 e. The Morgan fingerprint density at radius 2 is 1.72 bits per heavy atom. The molecule has 0 aliphatic heterocycles. The molecule has 0 saturated carbocycles. The third-order valence-corrected chi connectivity index (χ3v) is 4.76. The van der Waals surface area contributed by atoms with Gasteiger partial charge in [0.1, 0.15) is 11.6 Å². The smallest absolute Gasteiger partial charge is 0.265 e. The van der Waals surface area contributed by atoms with Gasteiger partial charge in [-0.3, -0.25) is 14.2 Å². The summed E-state index contributed by atoms with van der Waals surface area (Å²) in [5.74, 6) is -0.182. The van der Waals surface area contributed by atoms with Crippen LogP contribution in [0.2, 0.25) is 0 Å². The molecule has 29 heavy (non-hydrogen) atoms. The van der Waals surface area contributed by atoms with E-state index in [1.54, 1.807) is 68.4 Å². The Morgan fingerprint density at radius 3 is 2.45 bits per heavy atom. The van der Waals surface area contributed by atoms with Gasteiger partial charge in [-0.25, -0.2) is 9.37 Å². The van der Waals surface area contributed by atoms with Crippen molar-refractivity contribution in [3.8, 4) is 5.69 Å². The van der Waals surface area contributed by atoms with E-state index < -0.39 is 0 Å². The number of hydrogen-bond acceptors (Lipinski definition) is 3. The Bertz CT molecular complexity index is 1290. The van der Waals surface area contributed by atoms with Crippen molar-refractivity contribution >= 4 is 22.5 Å². The summed E-state index contributed by atoms with van der Waals surface area (Å²) in [4.78, 5) is 29.8. The number of hydrogen-bond donors (Lipinski definition) is 1. The second-order valence-corrected chi connectivity index (χ2v) is 6.78. The number of aromatic nitrogens is 2. The van der Waals surface area contributed by atoms with E-state index in [4.69, 9.17) is 0 Å². The van der Waals surface area contributed by atoms with E-state index in [-0.39, 0.29) is 17.3 Å². The number of nitrogens with zero attached hydrogens (tertiary/aromatic N) is 2. The van der Waals surface area contributed by atoms with E-state index in [1.807, 2.05) is 6.07 Å². The predicted molar refractivity (Wildman–Crippen MR) is 111 cm³/mol. The number of benzene rings is 3. The number of amides is 1. The van der Waals surface area contributed by atoms with Crippen LogP contribution in [0.5, 0.6) is 0 Å². The lowest BCUT2D eigenvalue weighted by atomic mass is 10.1. The molecular formula is C23H18FN3O2. The van der Waals surface area contributed by atoms with Crippen molar-refractivity contribution in [3.63, 3.8) is 0 Å². The van der Waals surface area contributed by atoms with Crippen LogP contribution in [-0.4, -0.2) is 15.5 Å². The molecule has 0 fully saturated rings. The van der Waals surface area contributed by atoms with Gasteiger partial charge in [0.05, 0.1) is 16.6 Å². The fourth-order valence-electron chi connectivity index (χ4n) is 3.18. The van der Waals surface area contributed by atoms with Crippen LogP contribution in [0.3, 0.4) is 0 Å². The minimum atomic E-state index is -0.378. The molecule has 4 rings (SSSR count). The number of rotatable bonds is 3. The Labute approximate surface area is 166 Å². The fraction of sp³-hybridized carbons (Fsp3) is 0.0870. The highest BCUT2D eigenvalue weighted by molar-refractivity contribution is 6.04. The van der Waals surface area contributed by atoms with Crippen LogP contribution >= 0.6 is 0 Å². The lowest BCUT2D eigenvalue weighted by molar-refractivity contribution is 0.102. The largest absolute Gasteiger partial charge is 0.322 e. The van der Waals surface area contributed by atoms with Crippen LogP contribution in [0.15, 0.2) is 71.5 Å². The molecule has 1 aromatic heterocycles. The highest BCUT2D eigenvalue weighted by atomic mass is 19.1. The van der Waals surface area contributed by atoms with Gasteiger partial charge in [0, 0.05) is 11.3 Å². The summed E-state index contributed by atoms with van der Waals surface area (Å²) in [5.41, 5.74) is 2.39. The maximum Gasteiger partial charge on any atom is 0.265 e. The van der Waals surface area contributed by atoms with Crippen molar-refractivity contribution in [2.45, 2.75) is 13.8 Å². The van der Waals surface area contributed by atoms with E-state index in [0.29, 0.717) is 39.2 Å². The van der Waals surface area contributed by atoms with Crippen molar-refractivity contribution in [2.24, 2.45) is 0 Å². The van der Waals surface area contributed by atoms with E-state index >= 15 is 0 Å². The van der Waals surface area contributed by atoms with E-state index in [1.165, 1.54) is 10.6 Å². The molecular weight excluding hydrogens is 369 g/mol. The van der Waals surface area contributed by atoms with Crippen molar-refractivity contribution in [3.05, 3.63) is 99.9 Å². The van der Waals surface area contributed by atoms with Gasteiger partial charge < -0.3 is 5.32 Å². The highest BCUT2D eigenvalue weighted by Crippen LogP contribution is 2.17. The molecule has 0 saturated heterocycles. The molecule has 0 unspecified atom stereocenters. The lowest BCUT2D eigenvalue weighted by Crippen LogP contribution is -2.22.